The molecule has 28 heavy (non-hydrogen) atoms. The van der Waals surface area contributed by atoms with Crippen LogP contribution in [0.1, 0.15) is 44.1 Å². The van der Waals surface area contributed by atoms with Crippen molar-refractivity contribution in [2.75, 3.05) is 33.9 Å². The predicted molar refractivity (Wildman–Crippen MR) is 101 cm³/mol. The Morgan fingerprint density at radius 3 is 2.29 bits per heavy atom. The molecule has 1 aromatic carbocycles. The van der Waals surface area contributed by atoms with Crippen LogP contribution in [0, 0.1) is 0 Å². The summed E-state index contributed by atoms with van der Waals surface area (Å²) in [5, 5.41) is 0. The van der Waals surface area contributed by atoms with Crippen LogP contribution < -0.4 is 9.47 Å². The fourth-order valence-corrected chi connectivity index (χ4v) is 4.83. The summed E-state index contributed by atoms with van der Waals surface area (Å²) in [6.07, 6.45) is 4.37. The van der Waals surface area contributed by atoms with Gasteiger partial charge in [-0.15, -0.1) is 0 Å². The second-order valence-electron chi connectivity index (χ2n) is 7.97. The summed E-state index contributed by atoms with van der Waals surface area (Å²) >= 11 is 0. The molecule has 2 aliphatic heterocycles. The van der Waals surface area contributed by atoms with Crippen LogP contribution in [-0.2, 0) is 19.7 Å². The first-order valence-electron chi connectivity index (χ1n) is 9.90. The summed E-state index contributed by atoms with van der Waals surface area (Å²) in [4.78, 5) is 26.9. The van der Waals surface area contributed by atoms with E-state index in [4.69, 9.17) is 18.9 Å². The van der Waals surface area contributed by atoms with Crippen molar-refractivity contribution in [2.24, 2.45) is 0 Å². The average Bonchev–Trinajstić information content (AvgIpc) is 3.36. The van der Waals surface area contributed by atoms with Gasteiger partial charge in [0.05, 0.1) is 19.6 Å². The van der Waals surface area contributed by atoms with Gasteiger partial charge in [0, 0.05) is 25.9 Å². The molecule has 3 aliphatic rings. The molecule has 1 amide bonds. The van der Waals surface area contributed by atoms with Gasteiger partial charge < -0.3 is 23.8 Å². The monoisotopic (exact) mass is 389 g/mol. The molecule has 0 radical (unpaired) electrons. The zero-order valence-electron chi connectivity index (χ0n) is 16.5. The molecule has 2 heterocycles. The molecule has 4 rings (SSSR count). The highest BCUT2D eigenvalue weighted by molar-refractivity contribution is 5.89. The van der Waals surface area contributed by atoms with E-state index in [1.54, 1.807) is 14.2 Å². The number of likely N-dealkylation sites (tertiary alicyclic amines) is 1. The van der Waals surface area contributed by atoms with Gasteiger partial charge in [-0.1, -0.05) is 18.9 Å². The standard InChI is InChI=1S/C21H27NO6/c1-25-16-6-5-15(13-17(16)26-2)21(7-3-4-8-21)18(23)22-11-9-20(10-12-22)14-27-19(24)28-20/h5-6,13H,3-4,7-12,14H2,1-2H3. The van der Waals surface area contributed by atoms with Crippen molar-refractivity contribution in [3.05, 3.63) is 23.8 Å². The Labute approximate surface area is 164 Å². The van der Waals surface area contributed by atoms with Gasteiger partial charge in [-0.2, -0.15) is 0 Å². The van der Waals surface area contributed by atoms with Gasteiger partial charge in [0.2, 0.25) is 5.91 Å². The Bertz CT molecular complexity index is 762. The minimum Gasteiger partial charge on any atom is -0.493 e. The Hall–Kier alpha value is -2.44. The van der Waals surface area contributed by atoms with Crippen LogP contribution in [0.2, 0.25) is 0 Å². The minimum atomic E-state index is -0.600. The maximum Gasteiger partial charge on any atom is 0.509 e. The molecule has 0 atom stereocenters. The predicted octanol–water partition coefficient (Wildman–Crippen LogP) is 3.04. The van der Waals surface area contributed by atoms with E-state index >= 15 is 0 Å². The van der Waals surface area contributed by atoms with Crippen LogP contribution in [0.15, 0.2) is 18.2 Å². The van der Waals surface area contributed by atoms with Crippen molar-refractivity contribution in [3.8, 4) is 11.5 Å². The first-order valence-corrected chi connectivity index (χ1v) is 9.90. The number of cyclic esters (lactones) is 1. The molecule has 152 valence electrons. The molecule has 2 saturated heterocycles. The topological polar surface area (TPSA) is 74.3 Å². The summed E-state index contributed by atoms with van der Waals surface area (Å²) in [5.41, 5.74) is -0.0870. The van der Waals surface area contributed by atoms with E-state index < -0.39 is 17.2 Å². The largest absolute Gasteiger partial charge is 0.509 e. The lowest BCUT2D eigenvalue weighted by atomic mass is 9.76. The van der Waals surface area contributed by atoms with Crippen LogP contribution in [-0.4, -0.2) is 56.5 Å². The maximum absolute atomic E-state index is 13.7. The smallest absolute Gasteiger partial charge is 0.493 e. The molecule has 1 aliphatic carbocycles. The molecular weight excluding hydrogens is 362 g/mol. The van der Waals surface area contributed by atoms with E-state index in [1.807, 2.05) is 23.1 Å². The summed E-state index contributed by atoms with van der Waals surface area (Å²) in [5.74, 6) is 1.47. The van der Waals surface area contributed by atoms with Gasteiger partial charge in [-0.05, 0) is 30.5 Å². The van der Waals surface area contributed by atoms with Crippen molar-refractivity contribution in [3.63, 3.8) is 0 Å². The fraction of sp³-hybridized carbons (Fsp3) is 0.619. The molecular formula is C21H27NO6. The molecule has 0 N–H and O–H groups in total. The normalized spacial score (nSPS) is 22.6. The van der Waals surface area contributed by atoms with E-state index in [1.165, 1.54) is 0 Å². The van der Waals surface area contributed by atoms with Gasteiger partial charge in [-0.25, -0.2) is 4.79 Å². The number of piperidine rings is 1. The van der Waals surface area contributed by atoms with Gasteiger partial charge in [-0.3, -0.25) is 4.79 Å². The number of nitrogens with zero attached hydrogens (tertiary/aromatic N) is 1. The second-order valence-corrected chi connectivity index (χ2v) is 7.97. The first kappa shape index (κ1) is 18.9. The van der Waals surface area contributed by atoms with Crippen molar-refractivity contribution in [1.82, 2.24) is 4.90 Å². The molecule has 1 aromatic rings. The minimum absolute atomic E-state index is 0.164. The van der Waals surface area contributed by atoms with Crippen molar-refractivity contribution in [1.29, 1.82) is 0 Å². The molecule has 1 spiro atoms. The van der Waals surface area contributed by atoms with Gasteiger partial charge in [0.15, 0.2) is 17.1 Å². The molecule has 3 fully saturated rings. The Balaban J connectivity index is 1.56. The quantitative estimate of drug-likeness (QED) is 0.737. The van der Waals surface area contributed by atoms with E-state index in [2.05, 4.69) is 0 Å². The zero-order chi connectivity index (χ0) is 19.8. The fourth-order valence-electron chi connectivity index (χ4n) is 4.83. The third-order valence-corrected chi connectivity index (χ3v) is 6.52. The van der Waals surface area contributed by atoms with Gasteiger partial charge >= 0.3 is 6.16 Å². The Morgan fingerprint density at radius 1 is 1.04 bits per heavy atom. The SMILES string of the molecule is COc1ccc(C2(C(=O)N3CCC4(CC3)COC(=O)O4)CCCC2)cc1OC. The van der Waals surface area contributed by atoms with Gasteiger partial charge in [0.25, 0.3) is 0 Å². The lowest BCUT2D eigenvalue weighted by molar-refractivity contribution is -0.140. The number of carbonyl (C=O) groups is 2. The third-order valence-electron chi connectivity index (χ3n) is 6.52. The first-order chi connectivity index (χ1) is 13.5. The third kappa shape index (κ3) is 3.06. The van der Waals surface area contributed by atoms with Crippen molar-refractivity contribution < 1.29 is 28.5 Å². The van der Waals surface area contributed by atoms with E-state index in [0.717, 1.165) is 31.2 Å². The summed E-state index contributed by atoms with van der Waals surface area (Å²) in [6, 6.07) is 5.81. The highest BCUT2D eigenvalue weighted by atomic mass is 16.8. The number of amides is 1. The number of benzene rings is 1. The number of ether oxygens (including phenoxy) is 4. The maximum atomic E-state index is 13.7. The second kappa shape index (κ2) is 7.18. The summed E-state index contributed by atoms with van der Waals surface area (Å²) < 4.78 is 21.2. The van der Waals surface area contributed by atoms with Crippen molar-refractivity contribution in [2.45, 2.75) is 49.5 Å². The molecule has 0 aromatic heterocycles. The number of rotatable bonds is 4. The number of hydrogen-bond donors (Lipinski definition) is 0. The van der Waals surface area contributed by atoms with Crippen LogP contribution in [0.25, 0.3) is 0 Å². The Kier molecular flexibility index (Phi) is 4.85. The molecule has 7 nitrogen and oxygen atoms in total. The Morgan fingerprint density at radius 2 is 1.71 bits per heavy atom. The average molecular weight is 389 g/mol. The lowest BCUT2D eigenvalue weighted by Gasteiger charge is -2.41. The number of hydrogen-bond acceptors (Lipinski definition) is 6. The van der Waals surface area contributed by atoms with Gasteiger partial charge in [0.1, 0.15) is 6.61 Å². The van der Waals surface area contributed by atoms with E-state index in [9.17, 15) is 9.59 Å². The number of carbonyl (C=O) groups excluding carboxylic acids is 2. The van der Waals surface area contributed by atoms with Crippen LogP contribution in [0.5, 0.6) is 11.5 Å². The number of methoxy groups -OCH3 is 2. The van der Waals surface area contributed by atoms with Crippen LogP contribution in [0.4, 0.5) is 4.79 Å². The molecule has 7 heteroatoms. The van der Waals surface area contributed by atoms with E-state index in [-0.39, 0.29) is 12.5 Å². The van der Waals surface area contributed by atoms with Crippen molar-refractivity contribution >= 4 is 12.1 Å². The molecule has 1 saturated carbocycles. The summed E-state index contributed by atoms with van der Waals surface area (Å²) in [7, 11) is 3.22. The zero-order valence-corrected chi connectivity index (χ0v) is 16.5. The highest BCUT2D eigenvalue weighted by Gasteiger charge is 2.50. The van der Waals surface area contributed by atoms with Crippen LogP contribution in [0.3, 0.4) is 0 Å². The highest BCUT2D eigenvalue weighted by Crippen LogP contribution is 2.46. The molecule has 0 unspecified atom stereocenters. The van der Waals surface area contributed by atoms with Crippen LogP contribution >= 0.6 is 0 Å². The summed E-state index contributed by atoms with van der Waals surface area (Å²) in [6.45, 7) is 1.43. The van der Waals surface area contributed by atoms with E-state index in [0.29, 0.717) is 37.4 Å². The molecule has 0 bridgehead atoms. The lowest BCUT2D eigenvalue weighted by Crippen LogP contribution is -2.53.